The van der Waals surface area contributed by atoms with Gasteiger partial charge in [-0.15, -0.1) is 0 Å². The number of pyridine rings is 1. The molecule has 0 fully saturated rings. The van der Waals surface area contributed by atoms with Crippen LogP contribution in [0.3, 0.4) is 0 Å². The molecule has 0 aliphatic rings. The van der Waals surface area contributed by atoms with E-state index in [4.69, 9.17) is 4.74 Å². The van der Waals surface area contributed by atoms with Crippen molar-refractivity contribution in [3.63, 3.8) is 0 Å². The molecule has 3 rings (SSSR count). The van der Waals surface area contributed by atoms with Crippen LogP contribution in [-0.2, 0) is 6.54 Å². The summed E-state index contributed by atoms with van der Waals surface area (Å²) in [6, 6.07) is 15.9. The van der Waals surface area contributed by atoms with Crippen LogP contribution < -0.4 is 10.3 Å². The van der Waals surface area contributed by atoms with Gasteiger partial charge in [-0.3, -0.25) is 4.79 Å². The Bertz CT molecular complexity index is 876. The van der Waals surface area contributed by atoms with E-state index >= 15 is 0 Å². The SMILES string of the molecule is Cc1ccc(Cn2ccc3cc(OC(C)C)ccc3c2=O)cc1. The Morgan fingerprint density at radius 3 is 2.48 bits per heavy atom. The molecule has 0 aliphatic carbocycles. The van der Waals surface area contributed by atoms with Crippen molar-refractivity contribution in [2.75, 3.05) is 0 Å². The molecular weight excluding hydrogens is 286 g/mol. The molecule has 23 heavy (non-hydrogen) atoms. The molecule has 0 atom stereocenters. The van der Waals surface area contributed by atoms with Gasteiger partial charge in [-0.25, -0.2) is 0 Å². The van der Waals surface area contributed by atoms with Crippen molar-refractivity contribution in [1.82, 2.24) is 4.57 Å². The molecule has 2 aromatic carbocycles. The highest BCUT2D eigenvalue weighted by Gasteiger charge is 2.06. The smallest absolute Gasteiger partial charge is 0.258 e. The summed E-state index contributed by atoms with van der Waals surface area (Å²) in [4.78, 5) is 12.7. The maximum Gasteiger partial charge on any atom is 0.258 e. The number of aryl methyl sites for hydroxylation is 1. The summed E-state index contributed by atoms with van der Waals surface area (Å²) in [6.45, 7) is 6.62. The van der Waals surface area contributed by atoms with Gasteiger partial charge in [-0.05, 0) is 56.0 Å². The highest BCUT2D eigenvalue weighted by molar-refractivity contribution is 5.82. The molecule has 3 nitrogen and oxygen atoms in total. The van der Waals surface area contributed by atoms with Gasteiger partial charge in [0.05, 0.1) is 12.6 Å². The number of benzene rings is 2. The van der Waals surface area contributed by atoms with Crippen LogP contribution in [0.4, 0.5) is 0 Å². The van der Waals surface area contributed by atoms with E-state index in [9.17, 15) is 4.79 Å². The second-order valence-corrected chi connectivity index (χ2v) is 6.15. The lowest BCUT2D eigenvalue weighted by molar-refractivity contribution is 0.243. The zero-order chi connectivity index (χ0) is 16.4. The van der Waals surface area contributed by atoms with Gasteiger partial charge in [0, 0.05) is 11.6 Å². The van der Waals surface area contributed by atoms with Gasteiger partial charge in [0.25, 0.3) is 5.56 Å². The Balaban J connectivity index is 1.95. The minimum atomic E-state index is 0.0270. The molecular formula is C20H21NO2. The summed E-state index contributed by atoms with van der Waals surface area (Å²) >= 11 is 0. The minimum Gasteiger partial charge on any atom is -0.491 e. The third kappa shape index (κ3) is 3.45. The van der Waals surface area contributed by atoms with Gasteiger partial charge < -0.3 is 9.30 Å². The van der Waals surface area contributed by atoms with Crippen LogP contribution in [0.5, 0.6) is 5.75 Å². The van der Waals surface area contributed by atoms with Gasteiger partial charge in [-0.1, -0.05) is 29.8 Å². The molecule has 3 aromatic rings. The number of hydrogen-bond donors (Lipinski definition) is 0. The van der Waals surface area contributed by atoms with Crippen molar-refractivity contribution in [1.29, 1.82) is 0 Å². The third-order valence-electron chi connectivity index (χ3n) is 3.79. The standard InChI is InChI=1S/C20H21NO2/c1-14(2)23-18-8-9-19-17(12-18)10-11-21(20(19)22)13-16-6-4-15(3)5-7-16/h4-12,14H,13H2,1-3H3. The number of rotatable bonds is 4. The quantitative estimate of drug-likeness (QED) is 0.725. The van der Waals surface area contributed by atoms with Gasteiger partial charge >= 0.3 is 0 Å². The predicted octanol–water partition coefficient (Wildman–Crippen LogP) is 4.15. The number of fused-ring (bicyclic) bond motifs is 1. The van der Waals surface area contributed by atoms with Crippen molar-refractivity contribution in [3.05, 3.63) is 76.2 Å². The lowest BCUT2D eigenvalue weighted by Gasteiger charge is -2.11. The average Bonchev–Trinajstić information content (AvgIpc) is 2.51. The maximum atomic E-state index is 12.7. The van der Waals surface area contributed by atoms with E-state index in [2.05, 4.69) is 31.2 Å². The Labute approximate surface area is 136 Å². The molecule has 118 valence electrons. The first kappa shape index (κ1) is 15.3. The highest BCUT2D eigenvalue weighted by Crippen LogP contribution is 2.19. The van der Waals surface area contributed by atoms with Crippen LogP contribution in [0, 0.1) is 6.92 Å². The fourth-order valence-corrected chi connectivity index (χ4v) is 2.63. The van der Waals surface area contributed by atoms with E-state index in [0.717, 1.165) is 22.1 Å². The lowest BCUT2D eigenvalue weighted by atomic mass is 10.1. The molecule has 0 radical (unpaired) electrons. The first-order valence-corrected chi connectivity index (χ1v) is 7.88. The zero-order valence-electron chi connectivity index (χ0n) is 13.7. The fraction of sp³-hybridized carbons (Fsp3) is 0.250. The highest BCUT2D eigenvalue weighted by atomic mass is 16.5. The normalized spacial score (nSPS) is 11.1. The van der Waals surface area contributed by atoms with Crippen LogP contribution in [0.1, 0.15) is 25.0 Å². The fourth-order valence-electron chi connectivity index (χ4n) is 2.63. The number of nitrogens with zero attached hydrogens (tertiary/aromatic N) is 1. The lowest BCUT2D eigenvalue weighted by Crippen LogP contribution is -2.20. The Kier molecular flexibility index (Phi) is 4.20. The van der Waals surface area contributed by atoms with E-state index in [-0.39, 0.29) is 11.7 Å². The molecule has 0 bridgehead atoms. The summed E-state index contributed by atoms with van der Waals surface area (Å²) in [5.74, 6) is 0.795. The van der Waals surface area contributed by atoms with Crippen molar-refractivity contribution < 1.29 is 4.74 Å². The van der Waals surface area contributed by atoms with E-state index < -0.39 is 0 Å². The van der Waals surface area contributed by atoms with Gasteiger partial charge in [-0.2, -0.15) is 0 Å². The molecule has 0 saturated carbocycles. The van der Waals surface area contributed by atoms with Crippen LogP contribution in [-0.4, -0.2) is 10.7 Å². The number of ether oxygens (including phenoxy) is 1. The van der Waals surface area contributed by atoms with Crippen molar-refractivity contribution in [2.45, 2.75) is 33.4 Å². The molecule has 1 aromatic heterocycles. The Morgan fingerprint density at radius 1 is 1.04 bits per heavy atom. The van der Waals surface area contributed by atoms with Crippen LogP contribution in [0.25, 0.3) is 10.8 Å². The predicted molar refractivity (Wildman–Crippen MR) is 94.3 cm³/mol. The third-order valence-corrected chi connectivity index (χ3v) is 3.79. The van der Waals surface area contributed by atoms with Gasteiger partial charge in [0.1, 0.15) is 5.75 Å². The van der Waals surface area contributed by atoms with E-state index in [1.165, 1.54) is 5.56 Å². The summed E-state index contributed by atoms with van der Waals surface area (Å²) < 4.78 is 7.44. The van der Waals surface area contributed by atoms with Gasteiger partial charge in [0.2, 0.25) is 0 Å². The Hall–Kier alpha value is -2.55. The van der Waals surface area contributed by atoms with Crippen molar-refractivity contribution >= 4 is 10.8 Å². The summed E-state index contributed by atoms with van der Waals surface area (Å²) in [7, 11) is 0. The second kappa shape index (κ2) is 6.29. The largest absolute Gasteiger partial charge is 0.491 e. The zero-order valence-corrected chi connectivity index (χ0v) is 13.7. The first-order valence-electron chi connectivity index (χ1n) is 7.88. The van der Waals surface area contributed by atoms with Crippen molar-refractivity contribution in [2.24, 2.45) is 0 Å². The topological polar surface area (TPSA) is 31.2 Å². The minimum absolute atomic E-state index is 0.0270. The average molecular weight is 307 g/mol. The summed E-state index contributed by atoms with van der Waals surface area (Å²) in [5.41, 5.74) is 2.37. The van der Waals surface area contributed by atoms with Crippen LogP contribution >= 0.6 is 0 Å². The molecule has 0 saturated heterocycles. The number of hydrogen-bond acceptors (Lipinski definition) is 2. The first-order chi connectivity index (χ1) is 11.0. The van der Waals surface area contributed by atoms with Crippen molar-refractivity contribution in [3.8, 4) is 5.75 Å². The van der Waals surface area contributed by atoms with E-state index in [1.807, 2.05) is 44.3 Å². The van der Waals surface area contributed by atoms with Crippen LogP contribution in [0.2, 0.25) is 0 Å². The molecule has 0 amide bonds. The maximum absolute atomic E-state index is 12.7. The number of aromatic nitrogens is 1. The summed E-state index contributed by atoms with van der Waals surface area (Å²) in [6.07, 6.45) is 1.97. The van der Waals surface area contributed by atoms with Gasteiger partial charge in [0.15, 0.2) is 0 Å². The molecule has 3 heteroatoms. The molecule has 1 heterocycles. The molecule has 0 aliphatic heterocycles. The van der Waals surface area contributed by atoms with E-state index in [0.29, 0.717) is 6.54 Å². The second-order valence-electron chi connectivity index (χ2n) is 6.15. The molecule has 0 spiro atoms. The molecule has 0 unspecified atom stereocenters. The molecule has 0 N–H and O–H groups in total. The van der Waals surface area contributed by atoms with E-state index in [1.54, 1.807) is 4.57 Å². The summed E-state index contributed by atoms with van der Waals surface area (Å²) in [5, 5.41) is 1.63. The monoisotopic (exact) mass is 307 g/mol. The Morgan fingerprint density at radius 2 is 1.78 bits per heavy atom. The van der Waals surface area contributed by atoms with Crippen LogP contribution in [0.15, 0.2) is 59.5 Å².